The van der Waals surface area contributed by atoms with E-state index in [-0.39, 0.29) is 0 Å². The molecular formula is C12H10N2O9S3. The monoisotopic (exact) mass is 422 g/mol. The van der Waals surface area contributed by atoms with Gasteiger partial charge in [0.15, 0.2) is 0 Å². The van der Waals surface area contributed by atoms with Gasteiger partial charge in [-0.05, 0) is 30.3 Å². The van der Waals surface area contributed by atoms with Crippen LogP contribution in [-0.4, -0.2) is 34.7 Å². The third-order valence-corrected chi connectivity index (χ3v) is 6.72. The normalized spacial score (nSPS) is 12.7. The molecule has 0 aromatic heterocycles. The minimum absolute atomic E-state index is 0.481. The highest BCUT2D eigenvalue weighted by atomic mass is 32.2. The molecular weight excluding hydrogens is 412 g/mol. The third kappa shape index (κ3) is 3.88. The molecule has 0 radical (unpaired) electrons. The van der Waals surface area contributed by atoms with Crippen molar-refractivity contribution in [2.45, 2.75) is 19.6 Å². The molecule has 3 N–H and O–H groups in total. The number of benzene rings is 2. The highest BCUT2D eigenvalue weighted by molar-refractivity contribution is 7.91. The average Bonchev–Trinajstić information content (AvgIpc) is 2.52. The van der Waals surface area contributed by atoms with Crippen LogP contribution in [-0.2, 0) is 30.0 Å². The molecule has 0 heterocycles. The Bertz CT molecular complexity index is 1220. The van der Waals surface area contributed by atoms with Crippen LogP contribution in [0.2, 0.25) is 0 Å². The van der Waals surface area contributed by atoms with E-state index >= 15 is 0 Å². The number of sulfone groups is 1. The first kappa shape index (κ1) is 19.9. The summed E-state index contributed by atoms with van der Waals surface area (Å²) in [5, 5.41) is 16.0. The number of hydrogen-bond acceptors (Lipinski definition) is 8. The number of nitro benzene ring substituents is 1. The molecule has 0 fully saturated rings. The molecule has 0 aliphatic carbocycles. The first-order valence-corrected chi connectivity index (χ1v) is 10.9. The molecule has 0 atom stereocenters. The van der Waals surface area contributed by atoms with Crippen molar-refractivity contribution < 1.29 is 34.7 Å². The number of primary sulfonamides is 1. The molecule has 0 amide bonds. The van der Waals surface area contributed by atoms with Crippen LogP contribution < -0.4 is 5.14 Å². The first-order chi connectivity index (χ1) is 11.7. The molecule has 0 aliphatic rings. The molecule has 2 aromatic carbocycles. The molecule has 140 valence electrons. The van der Waals surface area contributed by atoms with Crippen molar-refractivity contribution in [1.82, 2.24) is 0 Å². The lowest BCUT2D eigenvalue weighted by molar-refractivity contribution is -0.388. The smallest absolute Gasteiger partial charge is 0.282 e. The molecule has 11 nitrogen and oxygen atoms in total. The van der Waals surface area contributed by atoms with E-state index in [9.17, 15) is 35.4 Å². The van der Waals surface area contributed by atoms with Gasteiger partial charge in [0.25, 0.3) is 15.8 Å². The van der Waals surface area contributed by atoms with Gasteiger partial charge in [-0.25, -0.2) is 22.0 Å². The molecule has 14 heteroatoms. The molecule has 0 saturated heterocycles. The maximum absolute atomic E-state index is 12.6. The summed E-state index contributed by atoms with van der Waals surface area (Å²) in [6.07, 6.45) is 0. The van der Waals surface area contributed by atoms with Crippen molar-refractivity contribution >= 4 is 35.7 Å². The van der Waals surface area contributed by atoms with Gasteiger partial charge in [-0.2, -0.15) is 8.42 Å². The molecule has 0 bridgehead atoms. The predicted octanol–water partition coefficient (Wildman–Crippen LogP) is 0.322. The fraction of sp³-hybridized carbons (Fsp3) is 0. The lowest BCUT2D eigenvalue weighted by atomic mass is 10.3. The maximum atomic E-state index is 12.6. The van der Waals surface area contributed by atoms with Gasteiger partial charge in [0, 0.05) is 6.07 Å². The van der Waals surface area contributed by atoms with Gasteiger partial charge in [0.2, 0.25) is 19.9 Å². The Morgan fingerprint density at radius 2 is 1.46 bits per heavy atom. The molecule has 2 aromatic rings. The number of sulfonamides is 1. The van der Waals surface area contributed by atoms with Crippen LogP contribution in [0.3, 0.4) is 0 Å². The van der Waals surface area contributed by atoms with Crippen LogP contribution in [0.15, 0.2) is 62.0 Å². The zero-order valence-corrected chi connectivity index (χ0v) is 15.0. The maximum Gasteiger partial charge on any atom is 0.294 e. The summed E-state index contributed by atoms with van der Waals surface area (Å²) in [4.78, 5) is 7.13. The van der Waals surface area contributed by atoms with Crippen LogP contribution in [0, 0.1) is 10.1 Å². The summed E-state index contributed by atoms with van der Waals surface area (Å²) in [7, 11) is -13.7. The van der Waals surface area contributed by atoms with Crippen molar-refractivity contribution in [2.75, 3.05) is 0 Å². The van der Waals surface area contributed by atoms with Crippen molar-refractivity contribution in [3.05, 3.63) is 52.6 Å². The lowest BCUT2D eigenvalue weighted by Gasteiger charge is -2.08. The summed E-state index contributed by atoms with van der Waals surface area (Å²) < 4.78 is 79.2. The minimum atomic E-state index is -4.71. The van der Waals surface area contributed by atoms with Gasteiger partial charge in [-0.1, -0.05) is 6.07 Å². The van der Waals surface area contributed by atoms with Crippen LogP contribution in [0.1, 0.15) is 0 Å². The van der Waals surface area contributed by atoms with Gasteiger partial charge < -0.3 is 0 Å². The minimum Gasteiger partial charge on any atom is -0.282 e. The Kier molecular flexibility index (Phi) is 4.91. The fourth-order valence-electron chi connectivity index (χ4n) is 1.97. The molecule has 0 aliphatic heterocycles. The summed E-state index contributed by atoms with van der Waals surface area (Å²) in [5.41, 5.74) is -1.06. The largest absolute Gasteiger partial charge is 0.294 e. The van der Waals surface area contributed by atoms with E-state index in [2.05, 4.69) is 0 Å². The number of rotatable bonds is 5. The van der Waals surface area contributed by atoms with E-state index in [1.165, 1.54) is 0 Å². The van der Waals surface area contributed by atoms with Crippen molar-refractivity contribution in [3.8, 4) is 0 Å². The molecule has 0 unspecified atom stereocenters. The molecule has 26 heavy (non-hydrogen) atoms. The Hall–Kier alpha value is -2.39. The number of nitrogens with zero attached hydrogens (tertiary/aromatic N) is 1. The number of nitrogens with two attached hydrogens (primary N) is 1. The van der Waals surface area contributed by atoms with E-state index in [4.69, 9.17) is 9.69 Å². The topological polar surface area (TPSA) is 192 Å². The Labute approximate surface area is 147 Å². The summed E-state index contributed by atoms with van der Waals surface area (Å²) >= 11 is 0. The second kappa shape index (κ2) is 6.40. The van der Waals surface area contributed by atoms with Crippen molar-refractivity contribution in [1.29, 1.82) is 0 Å². The standard InChI is InChI=1S/C12H10N2O9S3/c13-25(19,20)9-4-5-12(11(7-9)14(15)16)24(17,18)8-2-1-3-10(6-8)26(21,22)23/h1-7H,(H2,13,19,20)(H,21,22,23). The van der Waals surface area contributed by atoms with Crippen molar-refractivity contribution in [2.24, 2.45) is 5.14 Å². The van der Waals surface area contributed by atoms with Gasteiger partial charge >= 0.3 is 0 Å². The van der Waals surface area contributed by atoms with Gasteiger partial charge in [-0.15, -0.1) is 0 Å². The SMILES string of the molecule is NS(=O)(=O)c1ccc(S(=O)(=O)c2cccc(S(=O)(=O)O)c2)c([N+](=O)[O-])c1. The highest BCUT2D eigenvalue weighted by Crippen LogP contribution is 2.32. The van der Waals surface area contributed by atoms with Gasteiger partial charge in [-0.3, -0.25) is 14.7 Å². The lowest BCUT2D eigenvalue weighted by Crippen LogP contribution is -2.14. The Morgan fingerprint density at radius 1 is 0.885 bits per heavy atom. The van der Waals surface area contributed by atoms with Crippen LogP contribution in [0.25, 0.3) is 0 Å². The Morgan fingerprint density at radius 3 is 1.96 bits per heavy atom. The third-order valence-electron chi connectivity index (χ3n) is 3.16. The number of hydrogen-bond donors (Lipinski definition) is 2. The molecule has 0 saturated carbocycles. The summed E-state index contributed by atoms with van der Waals surface area (Å²) in [5.74, 6) is 0. The Balaban J connectivity index is 2.77. The fourth-order valence-corrected chi connectivity index (χ4v) is 4.56. The molecule has 2 rings (SSSR count). The van der Waals surface area contributed by atoms with Gasteiger partial charge in [0.05, 0.1) is 19.6 Å². The number of nitro groups is 1. The second-order valence-corrected chi connectivity index (χ2v) is 9.79. The van der Waals surface area contributed by atoms with E-state index in [1.54, 1.807) is 0 Å². The van der Waals surface area contributed by atoms with E-state index < -0.39 is 60.2 Å². The molecule has 0 spiro atoms. The summed E-state index contributed by atoms with van der Waals surface area (Å²) in [6.45, 7) is 0. The highest BCUT2D eigenvalue weighted by Gasteiger charge is 2.30. The average molecular weight is 422 g/mol. The van der Waals surface area contributed by atoms with E-state index in [1.807, 2.05) is 0 Å². The van der Waals surface area contributed by atoms with Crippen LogP contribution in [0.4, 0.5) is 5.69 Å². The van der Waals surface area contributed by atoms with Crippen LogP contribution in [0.5, 0.6) is 0 Å². The van der Waals surface area contributed by atoms with Gasteiger partial charge in [0.1, 0.15) is 4.90 Å². The quantitative estimate of drug-likeness (QED) is 0.388. The summed E-state index contributed by atoms with van der Waals surface area (Å²) in [6, 6.07) is 5.43. The van der Waals surface area contributed by atoms with Crippen LogP contribution >= 0.6 is 0 Å². The zero-order valence-electron chi connectivity index (χ0n) is 12.5. The van der Waals surface area contributed by atoms with E-state index in [0.717, 1.165) is 24.3 Å². The predicted molar refractivity (Wildman–Crippen MR) is 86.2 cm³/mol. The first-order valence-electron chi connectivity index (χ1n) is 6.38. The second-order valence-electron chi connectivity index (χ2n) is 4.89. The van der Waals surface area contributed by atoms with E-state index in [0.29, 0.717) is 18.2 Å². The van der Waals surface area contributed by atoms with Crippen molar-refractivity contribution in [3.63, 3.8) is 0 Å². The zero-order chi connectivity index (χ0) is 19.9.